The van der Waals surface area contributed by atoms with Gasteiger partial charge in [0.2, 0.25) is 0 Å². The van der Waals surface area contributed by atoms with Gasteiger partial charge >= 0.3 is 15.1 Å². The number of carbonyl (C=O) groups is 1. The first kappa shape index (κ1) is 15.7. The van der Waals surface area contributed by atoms with Gasteiger partial charge in [-0.05, 0) is 24.6 Å². The molecule has 1 atom stereocenters. The van der Waals surface area contributed by atoms with Crippen molar-refractivity contribution in [3.63, 3.8) is 0 Å². The molecule has 0 heterocycles. The molecule has 0 saturated heterocycles. The summed E-state index contributed by atoms with van der Waals surface area (Å²) in [5, 5.41) is 2.95. The zero-order chi connectivity index (χ0) is 12.6. The van der Waals surface area contributed by atoms with E-state index in [9.17, 15) is 13.2 Å². The summed E-state index contributed by atoms with van der Waals surface area (Å²) in [7, 11) is -3.51. The van der Waals surface area contributed by atoms with E-state index in [0.717, 1.165) is 0 Å². The first-order valence-corrected chi connectivity index (χ1v) is 7.80. The van der Waals surface area contributed by atoms with Crippen LogP contribution >= 0.6 is 10.8 Å². The molecular weight excluding hydrogens is 254 g/mol. The lowest BCUT2D eigenvalue weighted by Gasteiger charge is -2.12. The highest BCUT2D eigenvalue weighted by molar-refractivity contribution is 8.69. The van der Waals surface area contributed by atoms with Crippen LogP contribution in [0.25, 0.3) is 0 Å². The third kappa shape index (κ3) is 10.2. The summed E-state index contributed by atoms with van der Waals surface area (Å²) >= 11 is 0. The van der Waals surface area contributed by atoms with E-state index in [1.165, 1.54) is 0 Å². The van der Waals surface area contributed by atoms with Crippen LogP contribution in [0.4, 0.5) is 0 Å². The predicted octanol–water partition coefficient (Wildman–Crippen LogP) is 0.454. The van der Waals surface area contributed by atoms with E-state index in [1.807, 2.05) is 0 Å². The van der Waals surface area contributed by atoms with Crippen molar-refractivity contribution in [1.29, 1.82) is 0 Å². The topological polar surface area (TPSA) is 92.7 Å². The van der Waals surface area contributed by atoms with Crippen LogP contribution in [-0.4, -0.2) is 43.9 Å². The number of hydrogen-bond acceptors (Lipinski definition) is 6. The van der Waals surface area contributed by atoms with Gasteiger partial charge in [-0.2, -0.15) is 8.42 Å². The summed E-state index contributed by atoms with van der Waals surface area (Å²) in [5.74, 6) is -0.0589. The highest BCUT2D eigenvalue weighted by Gasteiger charge is 2.10. The Morgan fingerprint density at radius 3 is 2.69 bits per heavy atom. The maximum absolute atomic E-state index is 11.0. The molecule has 0 amide bonds. The molecule has 0 rings (SSSR count). The minimum absolute atomic E-state index is 0.0824. The van der Waals surface area contributed by atoms with Crippen molar-refractivity contribution in [2.45, 2.75) is 26.3 Å². The van der Waals surface area contributed by atoms with Gasteiger partial charge in [0.25, 0.3) is 0 Å². The van der Waals surface area contributed by atoms with E-state index in [1.54, 1.807) is 13.8 Å². The van der Waals surface area contributed by atoms with Crippen LogP contribution in [0.2, 0.25) is 0 Å². The zero-order valence-corrected chi connectivity index (χ0v) is 10.9. The Morgan fingerprint density at radius 2 is 2.19 bits per heavy atom. The van der Waals surface area contributed by atoms with Gasteiger partial charge in [0.1, 0.15) is 0 Å². The van der Waals surface area contributed by atoms with E-state index >= 15 is 0 Å². The normalized spacial score (nSPS) is 13.4. The van der Waals surface area contributed by atoms with Gasteiger partial charge in [0.15, 0.2) is 0 Å². The Labute approximate surface area is 99.3 Å². The molecule has 0 aromatic heterocycles. The fraction of sp³-hybridized carbons (Fsp3) is 0.875. The van der Waals surface area contributed by atoms with Gasteiger partial charge in [0.05, 0.1) is 13.0 Å². The van der Waals surface area contributed by atoms with Crippen LogP contribution in [0.5, 0.6) is 0 Å². The van der Waals surface area contributed by atoms with Crippen LogP contribution in [-0.2, 0) is 18.7 Å². The maximum Gasteiger partial charge on any atom is 0.319 e. The smallest absolute Gasteiger partial charge is 0.319 e. The van der Waals surface area contributed by atoms with E-state index in [2.05, 4.69) is 5.32 Å². The highest BCUT2D eigenvalue weighted by Crippen LogP contribution is 2.07. The van der Waals surface area contributed by atoms with Crippen molar-refractivity contribution in [3.8, 4) is 0 Å². The average molecular weight is 271 g/mol. The summed E-state index contributed by atoms with van der Waals surface area (Å²) in [6.07, 6.45) is 0.240. The van der Waals surface area contributed by atoms with Gasteiger partial charge < -0.3 is 10.1 Å². The number of nitrogens with one attached hydrogen (secondary N) is 1. The molecule has 0 fully saturated rings. The SMILES string of the molecule is CCOC(=O)CC(C)NCCSS(=O)(=O)O. The Bertz CT molecular complexity index is 304. The molecule has 0 spiro atoms. The molecule has 0 aliphatic carbocycles. The van der Waals surface area contributed by atoms with E-state index < -0.39 is 9.15 Å². The third-order valence-corrected chi connectivity index (χ3v) is 3.67. The first-order chi connectivity index (χ1) is 7.35. The average Bonchev–Trinajstić information content (AvgIpc) is 2.11. The molecule has 0 radical (unpaired) electrons. The standard InChI is InChI=1S/C8H17NO5S2/c1-3-14-8(10)6-7(2)9-4-5-15-16(11,12)13/h7,9H,3-6H2,1-2H3,(H,11,12,13). The quantitative estimate of drug-likeness (QED) is 0.286. The van der Waals surface area contributed by atoms with Crippen LogP contribution in [0.3, 0.4) is 0 Å². The Balaban J connectivity index is 3.58. The highest BCUT2D eigenvalue weighted by atomic mass is 33.1. The lowest BCUT2D eigenvalue weighted by Crippen LogP contribution is -2.31. The first-order valence-electron chi connectivity index (χ1n) is 4.86. The molecule has 0 aromatic rings. The molecule has 1 unspecified atom stereocenters. The van der Waals surface area contributed by atoms with Crippen LogP contribution in [0, 0.1) is 0 Å². The molecule has 16 heavy (non-hydrogen) atoms. The molecule has 0 saturated carbocycles. The minimum atomic E-state index is -3.97. The summed E-state index contributed by atoms with van der Waals surface area (Å²) in [6, 6.07) is -0.0824. The molecular formula is C8H17NO5S2. The summed E-state index contributed by atoms with van der Waals surface area (Å²) in [4.78, 5) is 11.0. The van der Waals surface area contributed by atoms with Crippen LogP contribution < -0.4 is 5.32 Å². The molecule has 96 valence electrons. The molecule has 0 bridgehead atoms. The molecule has 0 aliphatic heterocycles. The van der Waals surface area contributed by atoms with Crippen LogP contribution in [0.15, 0.2) is 0 Å². The molecule has 0 aromatic carbocycles. The van der Waals surface area contributed by atoms with Crippen molar-refractivity contribution in [1.82, 2.24) is 5.32 Å². The fourth-order valence-corrected chi connectivity index (χ4v) is 2.29. The summed E-state index contributed by atoms with van der Waals surface area (Å²) in [5.41, 5.74) is 0. The predicted molar refractivity (Wildman–Crippen MR) is 62.7 cm³/mol. The second-order valence-corrected chi connectivity index (χ2v) is 6.58. The fourth-order valence-electron chi connectivity index (χ4n) is 0.994. The zero-order valence-electron chi connectivity index (χ0n) is 9.30. The lowest BCUT2D eigenvalue weighted by molar-refractivity contribution is -0.143. The minimum Gasteiger partial charge on any atom is -0.466 e. The van der Waals surface area contributed by atoms with Gasteiger partial charge in [-0.25, -0.2) is 0 Å². The van der Waals surface area contributed by atoms with Crippen LogP contribution in [0.1, 0.15) is 20.3 Å². The van der Waals surface area contributed by atoms with E-state index in [-0.39, 0.29) is 24.2 Å². The van der Waals surface area contributed by atoms with Gasteiger partial charge in [-0.1, -0.05) is 0 Å². The van der Waals surface area contributed by atoms with Crippen molar-refractivity contribution in [3.05, 3.63) is 0 Å². The van der Waals surface area contributed by atoms with Crippen molar-refractivity contribution in [2.75, 3.05) is 18.9 Å². The number of hydrogen-bond donors (Lipinski definition) is 2. The number of ether oxygens (including phenoxy) is 1. The second-order valence-electron chi connectivity index (χ2n) is 3.11. The van der Waals surface area contributed by atoms with Gasteiger partial charge in [-0.3, -0.25) is 9.35 Å². The number of carbonyl (C=O) groups excluding carboxylic acids is 1. The molecule has 2 N–H and O–H groups in total. The maximum atomic E-state index is 11.0. The Kier molecular flexibility index (Phi) is 7.73. The van der Waals surface area contributed by atoms with E-state index in [0.29, 0.717) is 23.9 Å². The Morgan fingerprint density at radius 1 is 1.56 bits per heavy atom. The molecule has 8 heteroatoms. The number of rotatable bonds is 8. The third-order valence-electron chi connectivity index (χ3n) is 1.61. The number of esters is 1. The largest absolute Gasteiger partial charge is 0.466 e. The van der Waals surface area contributed by atoms with Crippen molar-refractivity contribution < 1.29 is 22.5 Å². The van der Waals surface area contributed by atoms with Crippen molar-refractivity contribution in [2.24, 2.45) is 0 Å². The van der Waals surface area contributed by atoms with Gasteiger partial charge in [-0.15, -0.1) is 0 Å². The molecule has 6 nitrogen and oxygen atoms in total. The Hall–Kier alpha value is -0.310. The van der Waals surface area contributed by atoms with Gasteiger partial charge in [0, 0.05) is 18.3 Å². The summed E-state index contributed by atoms with van der Waals surface area (Å²) in [6.45, 7) is 4.28. The lowest BCUT2D eigenvalue weighted by atomic mass is 10.2. The van der Waals surface area contributed by atoms with Crippen molar-refractivity contribution >= 4 is 25.9 Å². The monoisotopic (exact) mass is 271 g/mol. The molecule has 0 aliphatic rings. The van der Waals surface area contributed by atoms with E-state index in [4.69, 9.17) is 9.29 Å². The summed E-state index contributed by atoms with van der Waals surface area (Å²) < 4.78 is 33.9. The second kappa shape index (κ2) is 7.88.